The molecule has 0 N–H and O–H groups in total. The third-order valence-corrected chi connectivity index (χ3v) is 4.69. The van der Waals surface area contributed by atoms with E-state index in [-0.39, 0.29) is 5.91 Å². The molecule has 5 nitrogen and oxygen atoms in total. The lowest BCUT2D eigenvalue weighted by atomic mass is 10.0. The molecular formula is C21H26N4O. The maximum absolute atomic E-state index is 12.9. The van der Waals surface area contributed by atoms with Crippen LogP contribution in [0, 0.1) is 6.92 Å². The lowest BCUT2D eigenvalue weighted by molar-refractivity contribution is 0.0804. The number of benzene rings is 1. The highest BCUT2D eigenvalue weighted by atomic mass is 16.2. The Balaban J connectivity index is 2.11. The number of carbonyl (C=O) groups excluding carboxylic acids is 1. The molecule has 3 rings (SSSR count). The SMILES string of the molecule is CCCCn1cc(-c2cc(C(=O)N(C)CC)c3cc(C)ccc3n2)cn1. The van der Waals surface area contributed by atoms with E-state index in [4.69, 9.17) is 4.98 Å². The van der Waals surface area contributed by atoms with Crippen LogP contribution in [0.3, 0.4) is 0 Å². The fourth-order valence-corrected chi connectivity index (χ4v) is 2.95. The number of carbonyl (C=O) groups is 1. The number of amides is 1. The van der Waals surface area contributed by atoms with Gasteiger partial charge in [0.25, 0.3) is 5.91 Å². The van der Waals surface area contributed by atoms with Gasteiger partial charge in [-0.2, -0.15) is 5.10 Å². The molecule has 0 aliphatic rings. The molecule has 0 bridgehead atoms. The van der Waals surface area contributed by atoms with E-state index in [0.717, 1.165) is 47.1 Å². The van der Waals surface area contributed by atoms with E-state index >= 15 is 0 Å². The molecule has 0 saturated carbocycles. The van der Waals surface area contributed by atoms with Gasteiger partial charge in [-0.3, -0.25) is 9.48 Å². The van der Waals surface area contributed by atoms with Crippen LogP contribution in [-0.2, 0) is 6.54 Å². The largest absolute Gasteiger partial charge is 0.342 e. The molecule has 0 aliphatic carbocycles. The smallest absolute Gasteiger partial charge is 0.254 e. The number of pyridine rings is 1. The van der Waals surface area contributed by atoms with Crippen molar-refractivity contribution in [2.45, 2.75) is 40.2 Å². The Hall–Kier alpha value is -2.69. The Morgan fingerprint density at radius 1 is 1.23 bits per heavy atom. The number of rotatable bonds is 6. The number of fused-ring (bicyclic) bond motifs is 1. The van der Waals surface area contributed by atoms with Crippen molar-refractivity contribution in [2.75, 3.05) is 13.6 Å². The topological polar surface area (TPSA) is 51.0 Å². The van der Waals surface area contributed by atoms with Gasteiger partial charge in [-0.05, 0) is 38.5 Å². The predicted molar refractivity (Wildman–Crippen MR) is 105 cm³/mol. The van der Waals surface area contributed by atoms with Crippen LogP contribution in [0.25, 0.3) is 22.2 Å². The molecule has 0 unspecified atom stereocenters. The van der Waals surface area contributed by atoms with Crippen molar-refractivity contribution in [2.24, 2.45) is 0 Å². The van der Waals surface area contributed by atoms with E-state index in [1.54, 1.807) is 4.90 Å². The zero-order valence-electron chi connectivity index (χ0n) is 16.0. The first-order chi connectivity index (χ1) is 12.5. The lowest BCUT2D eigenvalue weighted by Crippen LogP contribution is -2.26. The fourth-order valence-electron chi connectivity index (χ4n) is 2.95. The van der Waals surface area contributed by atoms with Crippen molar-refractivity contribution in [1.29, 1.82) is 0 Å². The molecule has 5 heteroatoms. The molecule has 0 spiro atoms. The van der Waals surface area contributed by atoms with Gasteiger partial charge in [0.05, 0.1) is 23.0 Å². The van der Waals surface area contributed by atoms with Crippen LogP contribution in [-0.4, -0.2) is 39.2 Å². The van der Waals surface area contributed by atoms with Crippen LogP contribution >= 0.6 is 0 Å². The Bertz CT molecular complexity index is 929. The predicted octanol–water partition coefficient (Wildman–Crippen LogP) is 4.30. The summed E-state index contributed by atoms with van der Waals surface area (Å²) in [5, 5.41) is 5.33. The summed E-state index contributed by atoms with van der Waals surface area (Å²) in [5.41, 5.74) is 4.38. The average Bonchev–Trinajstić information content (AvgIpc) is 3.13. The van der Waals surface area contributed by atoms with Crippen LogP contribution in [0.4, 0.5) is 0 Å². The first-order valence-electron chi connectivity index (χ1n) is 9.23. The van der Waals surface area contributed by atoms with Gasteiger partial charge in [0, 0.05) is 37.3 Å². The number of aromatic nitrogens is 3. The second kappa shape index (κ2) is 7.68. The quantitative estimate of drug-likeness (QED) is 0.666. The number of nitrogens with zero attached hydrogens (tertiary/aromatic N) is 4. The second-order valence-corrected chi connectivity index (χ2v) is 6.74. The van der Waals surface area contributed by atoms with Crippen LogP contribution in [0.5, 0.6) is 0 Å². The standard InChI is InChI=1S/C21H26N4O/c1-5-7-10-25-14-16(13-22-25)20-12-18(21(26)24(4)6-2)17-11-15(3)8-9-19(17)23-20/h8-9,11-14H,5-7,10H2,1-4H3. The maximum atomic E-state index is 12.9. The van der Waals surface area contributed by atoms with Crippen molar-refractivity contribution in [1.82, 2.24) is 19.7 Å². The van der Waals surface area contributed by atoms with Crippen molar-refractivity contribution in [3.8, 4) is 11.3 Å². The van der Waals surface area contributed by atoms with E-state index in [1.165, 1.54) is 0 Å². The summed E-state index contributed by atoms with van der Waals surface area (Å²) in [7, 11) is 1.83. The highest BCUT2D eigenvalue weighted by Gasteiger charge is 2.17. The van der Waals surface area contributed by atoms with Crippen molar-refractivity contribution < 1.29 is 4.79 Å². The Morgan fingerprint density at radius 3 is 2.77 bits per heavy atom. The summed E-state index contributed by atoms with van der Waals surface area (Å²) in [5.74, 6) is 0.0186. The summed E-state index contributed by atoms with van der Waals surface area (Å²) in [6.07, 6.45) is 6.06. The number of aryl methyl sites for hydroxylation is 2. The highest BCUT2D eigenvalue weighted by molar-refractivity contribution is 6.07. The minimum Gasteiger partial charge on any atom is -0.342 e. The van der Waals surface area contributed by atoms with Gasteiger partial charge in [-0.15, -0.1) is 0 Å². The first-order valence-corrected chi connectivity index (χ1v) is 9.23. The summed E-state index contributed by atoms with van der Waals surface area (Å²) in [4.78, 5) is 19.4. The van der Waals surface area contributed by atoms with E-state index < -0.39 is 0 Å². The normalized spacial score (nSPS) is 11.1. The minimum absolute atomic E-state index is 0.0186. The third kappa shape index (κ3) is 3.62. The van der Waals surface area contributed by atoms with Crippen molar-refractivity contribution >= 4 is 16.8 Å². The lowest BCUT2D eigenvalue weighted by Gasteiger charge is -2.17. The van der Waals surface area contributed by atoms with Crippen LogP contribution in [0.2, 0.25) is 0 Å². The van der Waals surface area contributed by atoms with Crippen LogP contribution in [0.15, 0.2) is 36.7 Å². The molecule has 1 amide bonds. The minimum atomic E-state index is 0.0186. The average molecular weight is 350 g/mol. The van der Waals surface area contributed by atoms with Gasteiger partial charge in [0.15, 0.2) is 0 Å². The van der Waals surface area contributed by atoms with Crippen molar-refractivity contribution in [3.63, 3.8) is 0 Å². The molecule has 3 aromatic rings. The van der Waals surface area contributed by atoms with Gasteiger partial charge >= 0.3 is 0 Å². The number of unbranched alkanes of at least 4 members (excludes halogenated alkanes) is 1. The number of hydrogen-bond acceptors (Lipinski definition) is 3. The van der Waals surface area contributed by atoms with Gasteiger partial charge < -0.3 is 4.90 Å². The number of hydrogen-bond donors (Lipinski definition) is 0. The van der Waals surface area contributed by atoms with Gasteiger partial charge in [-0.25, -0.2) is 4.98 Å². The summed E-state index contributed by atoms with van der Waals surface area (Å²) >= 11 is 0. The van der Waals surface area contributed by atoms with E-state index in [0.29, 0.717) is 12.1 Å². The molecule has 2 aromatic heterocycles. The first kappa shape index (κ1) is 18.1. The molecule has 136 valence electrons. The molecule has 26 heavy (non-hydrogen) atoms. The molecule has 0 radical (unpaired) electrons. The fraction of sp³-hybridized carbons (Fsp3) is 0.381. The van der Waals surface area contributed by atoms with E-state index in [2.05, 4.69) is 12.0 Å². The second-order valence-electron chi connectivity index (χ2n) is 6.74. The Morgan fingerprint density at radius 2 is 2.04 bits per heavy atom. The molecule has 2 heterocycles. The highest BCUT2D eigenvalue weighted by Crippen LogP contribution is 2.26. The third-order valence-electron chi connectivity index (χ3n) is 4.69. The summed E-state index contributed by atoms with van der Waals surface area (Å²) in [6, 6.07) is 7.95. The monoisotopic (exact) mass is 350 g/mol. The molecule has 1 aromatic carbocycles. The molecule has 0 aliphatic heterocycles. The zero-order chi connectivity index (χ0) is 18.7. The zero-order valence-corrected chi connectivity index (χ0v) is 16.0. The summed E-state index contributed by atoms with van der Waals surface area (Å²) in [6.45, 7) is 7.74. The Kier molecular flexibility index (Phi) is 5.35. The molecule has 0 atom stereocenters. The van der Waals surface area contributed by atoms with Gasteiger partial charge in [0.2, 0.25) is 0 Å². The maximum Gasteiger partial charge on any atom is 0.254 e. The molecule has 0 saturated heterocycles. The van der Waals surface area contributed by atoms with E-state index in [9.17, 15) is 4.79 Å². The van der Waals surface area contributed by atoms with Gasteiger partial charge in [-0.1, -0.05) is 25.0 Å². The van der Waals surface area contributed by atoms with Gasteiger partial charge in [0.1, 0.15) is 0 Å². The molecule has 0 fully saturated rings. The Labute approximate surface area is 154 Å². The summed E-state index contributed by atoms with van der Waals surface area (Å²) < 4.78 is 1.94. The molecular weight excluding hydrogens is 324 g/mol. The van der Waals surface area contributed by atoms with E-state index in [1.807, 2.05) is 62.2 Å². The van der Waals surface area contributed by atoms with Crippen molar-refractivity contribution in [3.05, 3.63) is 47.8 Å². The van der Waals surface area contributed by atoms with Crippen LogP contribution in [0.1, 0.15) is 42.6 Å². The van der Waals surface area contributed by atoms with Crippen LogP contribution < -0.4 is 0 Å².